The number of amides is 1. The molecule has 0 radical (unpaired) electrons. The Morgan fingerprint density at radius 3 is 2.71 bits per heavy atom. The Bertz CT molecular complexity index is 563. The molecule has 2 heterocycles. The van der Waals surface area contributed by atoms with Crippen LogP contribution in [0.3, 0.4) is 0 Å². The third-order valence-corrected chi connectivity index (χ3v) is 5.22. The highest BCUT2D eigenvalue weighted by Crippen LogP contribution is 2.30. The third-order valence-electron chi connectivity index (χ3n) is 5.22. The van der Waals surface area contributed by atoms with Gasteiger partial charge in [0.05, 0.1) is 6.61 Å². The van der Waals surface area contributed by atoms with E-state index >= 15 is 0 Å². The molecule has 5 nitrogen and oxygen atoms in total. The van der Waals surface area contributed by atoms with E-state index in [0.717, 1.165) is 37.2 Å². The number of rotatable bonds is 6. The van der Waals surface area contributed by atoms with Gasteiger partial charge in [-0.05, 0) is 57.5 Å². The van der Waals surface area contributed by atoms with Crippen LogP contribution in [0, 0.1) is 0 Å². The Balaban J connectivity index is 1.69. The van der Waals surface area contributed by atoms with Crippen molar-refractivity contribution in [1.82, 2.24) is 9.80 Å². The molecule has 3 rings (SSSR count). The molecule has 1 aromatic carbocycles. The molecule has 0 N–H and O–H groups in total. The van der Waals surface area contributed by atoms with Crippen LogP contribution in [-0.2, 0) is 4.74 Å². The van der Waals surface area contributed by atoms with E-state index < -0.39 is 0 Å². The van der Waals surface area contributed by atoms with Gasteiger partial charge in [-0.1, -0.05) is 6.07 Å². The summed E-state index contributed by atoms with van der Waals surface area (Å²) in [4.78, 5) is 17.5. The van der Waals surface area contributed by atoms with Crippen LogP contribution in [0.15, 0.2) is 24.3 Å². The van der Waals surface area contributed by atoms with Gasteiger partial charge in [0.2, 0.25) is 0 Å². The van der Waals surface area contributed by atoms with E-state index in [2.05, 4.69) is 16.8 Å². The van der Waals surface area contributed by atoms with Crippen molar-refractivity contribution in [2.75, 3.05) is 40.5 Å². The highest BCUT2D eigenvalue weighted by molar-refractivity contribution is 5.95. The number of benzene rings is 1. The normalized spacial score (nSPS) is 24.5. The minimum Gasteiger partial charge on any atom is -0.491 e. The lowest BCUT2D eigenvalue weighted by molar-refractivity contribution is 0.0664. The summed E-state index contributed by atoms with van der Waals surface area (Å²) in [6.45, 7) is 3.04. The van der Waals surface area contributed by atoms with Crippen molar-refractivity contribution in [1.29, 1.82) is 0 Å². The van der Waals surface area contributed by atoms with E-state index in [4.69, 9.17) is 9.47 Å². The van der Waals surface area contributed by atoms with Crippen LogP contribution < -0.4 is 4.74 Å². The monoisotopic (exact) mass is 332 g/mol. The highest BCUT2D eigenvalue weighted by Gasteiger charge is 2.38. The second-order valence-electron chi connectivity index (χ2n) is 6.77. The van der Waals surface area contributed by atoms with Gasteiger partial charge in [0.15, 0.2) is 0 Å². The lowest BCUT2D eigenvalue weighted by Gasteiger charge is -2.33. The number of hydrogen-bond acceptors (Lipinski definition) is 4. The smallest absolute Gasteiger partial charge is 0.254 e. The fraction of sp³-hybridized carbons (Fsp3) is 0.632. The fourth-order valence-electron chi connectivity index (χ4n) is 3.99. The van der Waals surface area contributed by atoms with Gasteiger partial charge >= 0.3 is 0 Å². The second kappa shape index (κ2) is 7.99. The molecule has 0 bridgehead atoms. The number of methoxy groups -OCH3 is 1. The van der Waals surface area contributed by atoms with Gasteiger partial charge in [0, 0.05) is 31.3 Å². The molecule has 1 aromatic rings. The summed E-state index contributed by atoms with van der Waals surface area (Å²) in [6, 6.07) is 8.38. The number of ether oxygens (including phenoxy) is 2. The standard InChI is InChI=1S/C19H28N2O3/c1-20-10-4-8-17(20)18-9-5-11-21(18)19(22)15-6-3-7-16(14-15)24-13-12-23-2/h3,6-7,14,17-18H,4-5,8-13H2,1-2H3/t17-,18+/m1/s1. The Hall–Kier alpha value is -1.59. The molecule has 0 unspecified atom stereocenters. The lowest BCUT2D eigenvalue weighted by atomic mass is 10.0. The SMILES string of the molecule is COCCOc1cccc(C(=O)N2CCC[C@H]2[C@H]2CCCN2C)c1. The zero-order valence-corrected chi connectivity index (χ0v) is 14.7. The zero-order chi connectivity index (χ0) is 16.9. The van der Waals surface area contributed by atoms with Gasteiger partial charge in [-0.15, -0.1) is 0 Å². The van der Waals surface area contributed by atoms with E-state index in [1.807, 2.05) is 24.3 Å². The summed E-state index contributed by atoms with van der Waals surface area (Å²) in [5, 5.41) is 0. The first kappa shape index (κ1) is 17.2. The van der Waals surface area contributed by atoms with Crippen molar-refractivity contribution in [3.05, 3.63) is 29.8 Å². The molecule has 132 valence electrons. The van der Waals surface area contributed by atoms with E-state index in [-0.39, 0.29) is 5.91 Å². The van der Waals surface area contributed by atoms with Crippen LogP contribution in [0.1, 0.15) is 36.0 Å². The van der Waals surface area contributed by atoms with Gasteiger partial charge in [0.25, 0.3) is 5.91 Å². The molecule has 0 saturated carbocycles. The maximum absolute atomic E-state index is 13.0. The molecule has 0 aliphatic carbocycles. The van der Waals surface area contributed by atoms with Crippen molar-refractivity contribution in [2.45, 2.75) is 37.8 Å². The van der Waals surface area contributed by atoms with Crippen molar-refractivity contribution in [3.63, 3.8) is 0 Å². The highest BCUT2D eigenvalue weighted by atomic mass is 16.5. The Kier molecular flexibility index (Phi) is 5.74. The molecule has 24 heavy (non-hydrogen) atoms. The molecule has 2 aliphatic rings. The maximum atomic E-state index is 13.0. The average Bonchev–Trinajstić information content (AvgIpc) is 3.23. The first-order valence-corrected chi connectivity index (χ1v) is 8.93. The molecule has 2 fully saturated rings. The summed E-state index contributed by atoms with van der Waals surface area (Å²) >= 11 is 0. The maximum Gasteiger partial charge on any atom is 0.254 e. The summed E-state index contributed by atoms with van der Waals surface area (Å²) in [7, 11) is 3.83. The predicted molar refractivity (Wildman–Crippen MR) is 93.5 cm³/mol. The van der Waals surface area contributed by atoms with Crippen molar-refractivity contribution < 1.29 is 14.3 Å². The Labute approximate surface area is 144 Å². The molecule has 0 spiro atoms. The first-order valence-electron chi connectivity index (χ1n) is 8.93. The number of likely N-dealkylation sites (N-methyl/N-ethyl adjacent to an activating group) is 1. The van der Waals surface area contributed by atoms with E-state index in [0.29, 0.717) is 25.3 Å². The van der Waals surface area contributed by atoms with Crippen LogP contribution in [0.5, 0.6) is 5.75 Å². The molecule has 2 saturated heterocycles. The van der Waals surface area contributed by atoms with Gasteiger partial charge < -0.3 is 19.3 Å². The molecule has 0 aromatic heterocycles. The van der Waals surface area contributed by atoms with Crippen molar-refractivity contribution in [2.24, 2.45) is 0 Å². The van der Waals surface area contributed by atoms with Gasteiger partial charge in [-0.2, -0.15) is 0 Å². The predicted octanol–water partition coefficient (Wildman–Crippen LogP) is 2.41. The lowest BCUT2D eigenvalue weighted by Crippen LogP contribution is -2.47. The van der Waals surface area contributed by atoms with Crippen LogP contribution >= 0.6 is 0 Å². The van der Waals surface area contributed by atoms with Crippen molar-refractivity contribution in [3.8, 4) is 5.75 Å². The third kappa shape index (κ3) is 3.73. The fourth-order valence-corrected chi connectivity index (χ4v) is 3.99. The summed E-state index contributed by atoms with van der Waals surface area (Å²) in [5.41, 5.74) is 0.720. The van der Waals surface area contributed by atoms with E-state index in [9.17, 15) is 4.79 Å². The van der Waals surface area contributed by atoms with Crippen LogP contribution in [0.2, 0.25) is 0 Å². The zero-order valence-electron chi connectivity index (χ0n) is 14.7. The number of likely N-dealkylation sites (tertiary alicyclic amines) is 2. The van der Waals surface area contributed by atoms with Gasteiger partial charge in [0.1, 0.15) is 12.4 Å². The number of nitrogens with zero attached hydrogens (tertiary/aromatic N) is 2. The molecule has 2 atom stereocenters. The summed E-state index contributed by atoms with van der Waals surface area (Å²) in [6.07, 6.45) is 4.66. The summed E-state index contributed by atoms with van der Waals surface area (Å²) < 4.78 is 10.6. The number of hydrogen-bond donors (Lipinski definition) is 0. The Morgan fingerprint density at radius 1 is 1.17 bits per heavy atom. The van der Waals surface area contributed by atoms with E-state index in [1.165, 1.54) is 12.8 Å². The largest absolute Gasteiger partial charge is 0.491 e. The molecular weight excluding hydrogens is 304 g/mol. The first-order chi connectivity index (χ1) is 11.7. The molecule has 5 heteroatoms. The van der Waals surface area contributed by atoms with Gasteiger partial charge in [-0.3, -0.25) is 4.79 Å². The topological polar surface area (TPSA) is 42.0 Å². The number of carbonyl (C=O) groups is 1. The minimum absolute atomic E-state index is 0.134. The average molecular weight is 332 g/mol. The molecule has 2 aliphatic heterocycles. The summed E-state index contributed by atoms with van der Waals surface area (Å²) in [5.74, 6) is 0.863. The van der Waals surface area contributed by atoms with Crippen LogP contribution in [0.4, 0.5) is 0 Å². The second-order valence-corrected chi connectivity index (χ2v) is 6.77. The Morgan fingerprint density at radius 2 is 1.96 bits per heavy atom. The minimum atomic E-state index is 0.134. The molecule has 1 amide bonds. The van der Waals surface area contributed by atoms with Crippen LogP contribution in [0.25, 0.3) is 0 Å². The molecular formula is C19H28N2O3. The van der Waals surface area contributed by atoms with Gasteiger partial charge in [-0.25, -0.2) is 0 Å². The number of carbonyl (C=O) groups excluding carboxylic acids is 1. The van der Waals surface area contributed by atoms with E-state index in [1.54, 1.807) is 7.11 Å². The quantitative estimate of drug-likeness (QED) is 0.750. The van der Waals surface area contributed by atoms with Crippen molar-refractivity contribution >= 4 is 5.91 Å². The van der Waals surface area contributed by atoms with Crippen LogP contribution in [-0.4, -0.2) is 68.3 Å².